The number of imidazole rings is 1. The van der Waals surface area contributed by atoms with Crippen LogP contribution in [0.4, 0.5) is 5.82 Å². The summed E-state index contributed by atoms with van der Waals surface area (Å²) in [7, 11) is 1.92. The molecule has 0 bridgehead atoms. The first-order valence-electron chi connectivity index (χ1n) is 5.68. The lowest BCUT2D eigenvalue weighted by Gasteiger charge is -2.07. The Hall–Kier alpha value is -2.08. The predicted octanol–water partition coefficient (Wildman–Crippen LogP) is 1.82. The fourth-order valence-electron chi connectivity index (χ4n) is 1.63. The van der Waals surface area contributed by atoms with Crippen molar-refractivity contribution in [1.82, 2.24) is 14.5 Å². The molecule has 2 heterocycles. The molecule has 2 aromatic heterocycles. The number of aryl methyl sites for hydroxylation is 1. The molecular weight excluding hydrogens is 268 g/mol. The van der Waals surface area contributed by atoms with E-state index in [0.29, 0.717) is 12.4 Å². The Morgan fingerprint density at radius 1 is 1.53 bits per heavy atom. The fraction of sp³-hybridized carbons (Fsp3) is 0.250. The van der Waals surface area contributed by atoms with Gasteiger partial charge in [-0.15, -0.1) is 0 Å². The Kier molecular flexibility index (Phi) is 4.01. The maximum absolute atomic E-state index is 10.9. The molecule has 100 valence electrons. The van der Waals surface area contributed by atoms with Crippen LogP contribution >= 0.6 is 11.6 Å². The van der Waals surface area contributed by atoms with Gasteiger partial charge in [0.25, 0.3) is 0 Å². The minimum Gasteiger partial charge on any atom is -0.476 e. The van der Waals surface area contributed by atoms with Gasteiger partial charge >= 0.3 is 5.97 Å². The standard InChI is InChI=1S/C12H13ClN4O2/c1-17-7-6-15-10(17)4-5-14-9-3-2-8(13)11(16-9)12(18)19/h2-3,6-7H,4-5H2,1H3,(H,14,16)(H,18,19). The number of rotatable bonds is 5. The van der Waals surface area contributed by atoms with Gasteiger partial charge in [0.05, 0.1) is 5.02 Å². The number of nitrogens with one attached hydrogen (secondary N) is 1. The summed E-state index contributed by atoms with van der Waals surface area (Å²) in [6.07, 6.45) is 4.33. The van der Waals surface area contributed by atoms with Crippen LogP contribution in [0.3, 0.4) is 0 Å². The molecule has 0 aliphatic rings. The molecule has 0 atom stereocenters. The van der Waals surface area contributed by atoms with Crippen LogP contribution in [0.5, 0.6) is 0 Å². The average molecular weight is 281 g/mol. The lowest BCUT2D eigenvalue weighted by Crippen LogP contribution is -2.11. The number of aromatic nitrogens is 3. The number of hydrogen-bond donors (Lipinski definition) is 2. The smallest absolute Gasteiger partial charge is 0.356 e. The van der Waals surface area contributed by atoms with E-state index in [1.807, 2.05) is 17.8 Å². The van der Waals surface area contributed by atoms with Gasteiger partial charge in [-0.2, -0.15) is 0 Å². The van der Waals surface area contributed by atoms with E-state index in [2.05, 4.69) is 15.3 Å². The Morgan fingerprint density at radius 3 is 2.95 bits per heavy atom. The van der Waals surface area contributed by atoms with Gasteiger partial charge in [-0.3, -0.25) is 0 Å². The van der Waals surface area contributed by atoms with E-state index in [1.165, 1.54) is 6.07 Å². The predicted molar refractivity (Wildman–Crippen MR) is 71.6 cm³/mol. The molecule has 0 fully saturated rings. The van der Waals surface area contributed by atoms with Gasteiger partial charge in [0.2, 0.25) is 0 Å². The highest BCUT2D eigenvalue weighted by Gasteiger charge is 2.11. The van der Waals surface area contributed by atoms with E-state index >= 15 is 0 Å². The molecule has 7 heteroatoms. The second-order valence-corrected chi connectivity index (χ2v) is 4.37. The number of carbonyl (C=O) groups is 1. The van der Waals surface area contributed by atoms with Crippen molar-refractivity contribution in [1.29, 1.82) is 0 Å². The minimum absolute atomic E-state index is 0.127. The molecular formula is C12H13ClN4O2. The number of carboxylic acid groups (broad SMARTS) is 1. The quantitative estimate of drug-likeness (QED) is 0.873. The zero-order valence-electron chi connectivity index (χ0n) is 10.3. The summed E-state index contributed by atoms with van der Waals surface area (Å²) < 4.78 is 1.93. The zero-order chi connectivity index (χ0) is 13.8. The number of anilines is 1. The fourth-order valence-corrected chi connectivity index (χ4v) is 1.82. The van der Waals surface area contributed by atoms with Crippen LogP contribution in [0.25, 0.3) is 0 Å². The number of halogens is 1. The van der Waals surface area contributed by atoms with E-state index in [9.17, 15) is 4.79 Å². The average Bonchev–Trinajstić information content (AvgIpc) is 2.77. The van der Waals surface area contributed by atoms with Gasteiger partial charge in [0.1, 0.15) is 11.6 Å². The van der Waals surface area contributed by atoms with Gasteiger partial charge in [0.15, 0.2) is 5.69 Å². The molecule has 19 heavy (non-hydrogen) atoms. The summed E-state index contributed by atoms with van der Waals surface area (Å²) in [5.74, 6) is 0.286. The van der Waals surface area contributed by atoms with Crippen LogP contribution in [-0.4, -0.2) is 32.2 Å². The first-order chi connectivity index (χ1) is 9.08. The molecule has 2 aromatic rings. The highest BCUT2D eigenvalue weighted by molar-refractivity contribution is 6.33. The van der Waals surface area contributed by atoms with Crippen LogP contribution in [0.1, 0.15) is 16.3 Å². The van der Waals surface area contributed by atoms with Crippen LogP contribution in [0.2, 0.25) is 5.02 Å². The summed E-state index contributed by atoms with van der Waals surface area (Å²) in [4.78, 5) is 19.0. The summed E-state index contributed by atoms with van der Waals surface area (Å²) >= 11 is 5.74. The van der Waals surface area contributed by atoms with E-state index in [1.54, 1.807) is 12.3 Å². The molecule has 2 rings (SSSR count). The van der Waals surface area contributed by atoms with Crippen LogP contribution in [0.15, 0.2) is 24.5 Å². The summed E-state index contributed by atoms with van der Waals surface area (Å²) in [5, 5.41) is 12.1. The topological polar surface area (TPSA) is 80.0 Å². The normalized spacial score (nSPS) is 10.4. The second-order valence-electron chi connectivity index (χ2n) is 3.96. The van der Waals surface area contributed by atoms with Gasteiger partial charge in [-0.05, 0) is 12.1 Å². The summed E-state index contributed by atoms with van der Waals surface area (Å²) in [5.41, 5.74) is -0.149. The molecule has 6 nitrogen and oxygen atoms in total. The van der Waals surface area contributed by atoms with Crippen molar-refractivity contribution in [3.63, 3.8) is 0 Å². The molecule has 0 aliphatic heterocycles. The van der Waals surface area contributed by atoms with Gasteiger partial charge in [-0.1, -0.05) is 11.6 Å². The molecule has 0 amide bonds. The van der Waals surface area contributed by atoms with Gasteiger partial charge in [0, 0.05) is 32.4 Å². The van der Waals surface area contributed by atoms with Crippen molar-refractivity contribution in [2.24, 2.45) is 7.05 Å². The van der Waals surface area contributed by atoms with Crippen molar-refractivity contribution in [3.8, 4) is 0 Å². The van der Waals surface area contributed by atoms with Crippen molar-refractivity contribution in [2.45, 2.75) is 6.42 Å². The molecule has 0 spiro atoms. The first kappa shape index (κ1) is 13.4. The monoisotopic (exact) mass is 280 g/mol. The van der Waals surface area contributed by atoms with E-state index in [-0.39, 0.29) is 10.7 Å². The molecule has 0 unspecified atom stereocenters. The number of carboxylic acids is 1. The summed E-state index contributed by atoms with van der Waals surface area (Å²) in [6, 6.07) is 3.16. The van der Waals surface area contributed by atoms with Crippen LogP contribution in [-0.2, 0) is 13.5 Å². The van der Waals surface area contributed by atoms with E-state index in [0.717, 1.165) is 12.2 Å². The van der Waals surface area contributed by atoms with Crippen molar-refractivity contribution in [3.05, 3.63) is 41.1 Å². The first-order valence-corrected chi connectivity index (χ1v) is 6.05. The third-order valence-corrected chi connectivity index (χ3v) is 2.93. The highest BCUT2D eigenvalue weighted by atomic mass is 35.5. The molecule has 2 N–H and O–H groups in total. The zero-order valence-corrected chi connectivity index (χ0v) is 11.1. The maximum Gasteiger partial charge on any atom is 0.356 e. The molecule has 0 saturated heterocycles. The van der Waals surface area contributed by atoms with Crippen LogP contribution in [0, 0.1) is 0 Å². The molecule has 0 radical (unpaired) electrons. The maximum atomic E-state index is 10.9. The SMILES string of the molecule is Cn1ccnc1CCNc1ccc(Cl)c(C(=O)O)n1. The molecule has 0 aromatic carbocycles. The number of aromatic carboxylic acids is 1. The number of nitrogens with zero attached hydrogens (tertiary/aromatic N) is 3. The Bertz CT molecular complexity index is 597. The van der Waals surface area contributed by atoms with E-state index < -0.39 is 5.97 Å². The largest absolute Gasteiger partial charge is 0.476 e. The third kappa shape index (κ3) is 3.23. The Morgan fingerprint density at radius 2 is 2.32 bits per heavy atom. The molecule has 0 saturated carbocycles. The lowest BCUT2D eigenvalue weighted by atomic mass is 10.3. The molecule has 0 aliphatic carbocycles. The highest BCUT2D eigenvalue weighted by Crippen LogP contribution is 2.16. The third-order valence-electron chi connectivity index (χ3n) is 2.62. The van der Waals surface area contributed by atoms with Crippen molar-refractivity contribution in [2.75, 3.05) is 11.9 Å². The minimum atomic E-state index is -1.14. The van der Waals surface area contributed by atoms with Crippen LogP contribution < -0.4 is 5.32 Å². The van der Waals surface area contributed by atoms with Crippen molar-refractivity contribution >= 4 is 23.4 Å². The Labute approximate surface area is 115 Å². The van der Waals surface area contributed by atoms with E-state index in [4.69, 9.17) is 16.7 Å². The second kappa shape index (κ2) is 5.71. The lowest BCUT2D eigenvalue weighted by molar-refractivity contribution is 0.0691. The Balaban J connectivity index is 1.98. The van der Waals surface area contributed by atoms with Crippen molar-refractivity contribution < 1.29 is 9.90 Å². The van der Waals surface area contributed by atoms with Gasteiger partial charge < -0.3 is 15.0 Å². The van der Waals surface area contributed by atoms with Gasteiger partial charge in [-0.25, -0.2) is 14.8 Å². The summed E-state index contributed by atoms with van der Waals surface area (Å²) in [6.45, 7) is 0.610. The number of hydrogen-bond acceptors (Lipinski definition) is 4. The number of pyridine rings is 1.